The zero-order valence-corrected chi connectivity index (χ0v) is 13.1. The maximum absolute atomic E-state index is 11.7. The molecular formula is C17H15N3O2S. The Kier molecular flexibility index (Phi) is 6.69. The van der Waals surface area contributed by atoms with E-state index in [0.717, 1.165) is 10.5 Å². The van der Waals surface area contributed by atoms with Gasteiger partial charge in [0.25, 0.3) is 0 Å². The predicted octanol–water partition coefficient (Wildman–Crippen LogP) is 2.83. The summed E-state index contributed by atoms with van der Waals surface area (Å²) in [5.74, 6) is 0.763. The highest BCUT2D eigenvalue weighted by atomic mass is 32.2. The normalized spacial score (nSPS) is 10.2. The minimum atomic E-state index is -0.163. The fraction of sp³-hybridized carbons (Fsp3) is 0.118. The number of carbonyl (C=O) groups is 1. The third-order valence-electron chi connectivity index (χ3n) is 2.70. The number of hydrazone groups is 1. The second kappa shape index (κ2) is 9.28. The van der Waals surface area contributed by atoms with Crippen molar-refractivity contribution in [3.05, 3.63) is 60.2 Å². The number of benzene rings is 2. The molecule has 0 atom stereocenters. The van der Waals surface area contributed by atoms with Crippen LogP contribution in [0.5, 0.6) is 5.75 Å². The molecule has 23 heavy (non-hydrogen) atoms. The van der Waals surface area contributed by atoms with Crippen LogP contribution in [-0.4, -0.2) is 24.5 Å². The quantitative estimate of drug-likeness (QED) is 0.482. The van der Waals surface area contributed by atoms with Gasteiger partial charge in [-0.15, -0.1) is 11.8 Å². The summed E-state index contributed by atoms with van der Waals surface area (Å²) in [6.07, 6.45) is 1.55. The summed E-state index contributed by atoms with van der Waals surface area (Å²) in [5, 5.41) is 12.3. The van der Waals surface area contributed by atoms with Gasteiger partial charge in [-0.2, -0.15) is 10.4 Å². The summed E-state index contributed by atoms with van der Waals surface area (Å²) in [7, 11) is 0. The lowest BCUT2D eigenvalue weighted by molar-refractivity contribution is -0.118. The third-order valence-corrected chi connectivity index (χ3v) is 3.71. The van der Waals surface area contributed by atoms with Crippen LogP contribution >= 0.6 is 11.8 Å². The zero-order chi connectivity index (χ0) is 16.3. The fourth-order valence-electron chi connectivity index (χ4n) is 1.64. The molecule has 5 nitrogen and oxygen atoms in total. The Morgan fingerprint density at radius 1 is 1.22 bits per heavy atom. The van der Waals surface area contributed by atoms with Gasteiger partial charge in [-0.05, 0) is 42.0 Å². The van der Waals surface area contributed by atoms with Crippen LogP contribution in [0.15, 0.2) is 64.6 Å². The van der Waals surface area contributed by atoms with Crippen molar-refractivity contribution in [2.45, 2.75) is 4.90 Å². The van der Waals surface area contributed by atoms with Crippen molar-refractivity contribution in [2.75, 3.05) is 12.4 Å². The summed E-state index contributed by atoms with van der Waals surface area (Å²) < 4.78 is 5.15. The molecule has 0 fully saturated rings. The monoisotopic (exact) mass is 325 g/mol. The van der Waals surface area contributed by atoms with Crippen LogP contribution in [0, 0.1) is 11.3 Å². The van der Waals surface area contributed by atoms with Crippen LogP contribution in [0.4, 0.5) is 0 Å². The van der Waals surface area contributed by atoms with E-state index in [1.807, 2.05) is 36.4 Å². The van der Waals surface area contributed by atoms with E-state index < -0.39 is 0 Å². The van der Waals surface area contributed by atoms with E-state index in [4.69, 9.17) is 10.00 Å². The van der Waals surface area contributed by atoms with Crippen LogP contribution in [0.25, 0.3) is 0 Å². The second-order valence-corrected chi connectivity index (χ2v) is 5.46. The maximum Gasteiger partial charge on any atom is 0.250 e. The Bertz CT molecular complexity index is 694. The molecule has 0 bridgehead atoms. The SMILES string of the molecule is N#CCOc1ccc(/C=N\NC(=O)CSc2ccccc2)cc1. The van der Waals surface area contributed by atoms with E-state index in [2.05, 4.69) is 10.5 Å². The Morgan fingerprint density at radius 3 is 2.65 bits per heavy atom. The number of thioether (sulfide) groups is 1. The van der Waals surface area contributed by atoms with Gasteiger partial charge in [0, 0.05) is 4.90 Å². The third kappa shape index (κ3) is 6.24. The van der Waals surface area contributed by atoms with Gasteiger partial charge in [-0.25, -0.2) is 5.43 Å². The zero-order valence-electron chi connectivity index (χ0n) is 12.3. The number of nitrogens with zero attached hydrogens (tertiary/aromatic N) is 2. The molecule has 0 aliphatic heterocycles. The highest BCUT2D eigenvalue weighted by Crippen LogP contribution is 2.16. The van der Waals surface area contributed by atoms with Gasteiger partial charge in [0.2, 0.25) is 5.91 Å². The number of carbonyl (C=O) groups excluding carboxylic acids is 1. The molecule has 0 spiro atoms. The van der Waals surface area contributed by atoms with Crippen molar-refractivity contribution in [1.82, 2.24) is 5.43 Å². The Balaban J connectivity index is 1.75. The molecule has 0 saturated heterocycles. The molecule has 116 valence electrons. The predicted molar refractivity (Wildman–Crippen MR) is 90.5 cm³/mol. The number of hydrogen-bond donors (Lipinski definition) is 1. The van der Waals surface area contributed by atoms with E-state index in [-0.39, 0.29) is 12.5 Å². The minimum Gasteiger partial charge on any atom is -0.479 e. The molecule has 0 radical (unpaired) electrons. The second-order valence-electron chi connectivity index (χ2n) is 4.41. The number of ether oxygens (including phenoxy) is 1. The lowest BCUT2D eigenvalue weighted by Gasteiger charge is -2.02. The summed E-state index contributed by atoms with van der Waals surface area (Å²) >= 11 is 1.46. The molecule has 2 aromatic rings. The first-order valence-corrected chi connectivity index (χ1v) is 7.86. The number of rotatable bonds is 7. The number of hydrogen-bond acceptors (Lipinski definition) is 5. The number of nitriles is 1. The molecule has 2 aromatic carbocycles. The van der Waals surface area contributed by atoms with E-state index >= 15 is 0 Å². The smallest absolute Gasteiger partial charge is 0.250 e. The molecular weight excluding hydrogens is 310 g/mol. The van der Waals surface area contributed by atoms with Gasteiger partial charge in [0.15, 0.2) is 6.61 Å². The molecule has 1 amide bonds. The highest BCUT2D eigenvalue weighted by Gasteiger charge is 2.00. The van der Waals surface area contributed by atoms with Crippen molar-refractivity contribution >= 4 is 23.9 Å². The molecule has 2 rings (SSSR count). The number of amides is 1. The fourth-order valence-corrected chi connectivity index (χ4v) is 2.35. The highest BCUT2D eigenvalue weighted by molar-refractivity contribution is 8.00. The Labute approximate surface area is 139 Å². The summed E-state index contributed by atoms with van der Waals surface area (Å²) in [5.41, 5.74) is 3.31. The minimum absolute atomic E-state index is 0.0164. The van der Waals surface area contributed by atoms with E-state index in [9.17, 15) is 4.79 Å². The van der Waals surface area contributed by atoms with Crippen molar-refractivity contribution in [3.63, 3.8) is 0 Å². The summed E-state index contributed by atoms with van der Waals surface area (Å²) in [4.78, 5) is 12.7. The Morgan fingerprint density at radius 2 is 1.96 bits per heavy atom. The van der Waals surface area contributed by atoms with Gasteiger partial charge in [0.1, 0.15) is 11.8 Å². The van der Waals surface area contributed by atoms with Gasteiger partial charge < -0.3 is 4.74 Å². The van der Waals surface area contributed by atoms with Crippen LogP contribution in [0.3, 0.4) is 0 Å². The molecule has 0 aliphatic rings. The van der Waals surface area contributed by atoms with Crippen molar-refractivity contribution in [3.8, 4) is 11.8 Å². The van der Waals surface area contributed by atoms with Crippen molar-refractivity contribution in [2.24, 2.45) is 5.10 Å². The lowest BCUT2D eigenvalue weighted by Crippen LogP contribution is -2.19. The van der Waals surface area contributed by atoms with Gasteiger partial charge in [-0.1, -0.05) is 18.2 Å². The molecule has 1 N–H and O–H groups in total. The van der Waals surface area contributed by atoms with Crippen LogP contribution in [0.2, 0.25) is 0 Å². The van der Waals surface area contributed by atoms with E-state index in [0.29, 0.717) is 11.5 Å². The average Bonchev–Trinajstić information content (AvgIpc) is 2.60. The number of nitrogens with one attached hydrogen (secondary N) is 1. The first-order valence-electron chi connectivity index (χ1n) is 6.87. The van der Waals surface area contributed by atoms with Gasteiger partial charge in [-0.3, -0.25) is 4.79 Å². The molecule has 6 heteroatoms. The summed E-state index contributed by atoms with van der Waals surface area (Å²) in [6, 6.07) is 18.7. The summed E-state index contributed by atoms with van der Waals surface area (Å²) in [6.45, 7) is 0.0164. The van der Waals surface area contributed by atoms with E-state index in [1.54, 1.807) is 30.5 Å². The topological polar surface area (TPSA) is 74.5 Å². The molecule has 0 heterocycles. The van der Waals surface area contributed by atoms with Crippen molar-refractivity contribution < 1.29 is 9.53 Å². The van der Waals surface area contributed by atoms with Gasteiger partial charge in [0.05, 0.1) is 12.0 Å². The van der Waals surface area contributed by atoms with E-state index in [1.165, 1.54) is 11.8 Å². The first-order chi connectivity index (χ1) is 11.3. The lowest BCUT2D eigenvalue weighted by atomic mass is 10.2. The van der Waals surface area contributed by atoms with Crippen LogP contribution < -0.4 is 10.2 Å². The molecule has 0 aliphatic carbocycles. The van der Waals surface area contributed by atoms with Crippen LogP contribution in [0.1, 0.15) is 5.56 Å². The first kappa shape index (κ1) is 16.6. The standard InChI is InChI=1S/C17H15N3O2S/c18-10-11-22-15-8-6-14(7-9-15)12-19-20-17(21)13-23-16-4-2-1-3-5-16/h1-9,12H,11,13H2,(H,20,21)/b19-12-. The Hall–Kier alpha value is -2.78. The maximum atomic E-state index is 11.7. The molecule has 0 aromatic heterocycles. The molecule has 0 saturated carbocycles. The average molecular weight is 325 g/mol. The van der Waals surface area contributed by atoms with Gasteiger partial charge >= 0.3 is 0 Å². The molecule has 0 unspecified atom stereocenters. The largest absolute Gasteiger partial charge is 0.479 e. The van der Waals surface area contributed by atoms with Crippen LogP contribution in [-0.2, 0) is 4.79 Å². The van der Waals surface area contributed by atoms with Crippen molar-refractivity contribution in [1.29, 1.82) is 5.26 Å².